The van der Waals surface area contributed by atoms with Crippen molar-refractivity contribution >= 4 is 5.97 Å². The molecule has 1 aliphatic rings. The van der Waals surface area contributed by atoms with E-state index in [4.69, 9.17) is 5.11 Å². The topological polar surface area (TPSA) is 40.5 Å². The maximum absolute atomic E-state index is 10.6. The minimum atomic E-state index is -0.643. The lowest BCUT2D eigenvalue weighted by molar-refractivity contribution is -0.138. The molecule has 0 heterocycles. The van der Waals surface area contributed by atoms with Crippen LogP contribution in [0.4, 0.5) is 0 Å². The molecule has 0 aromatic carbocycles. The van der Waals surface area contributed by atoms with E-state index in [-0.39, 0.29) is 0 Å². The van der Waals surface area contributed by atoms with Gasteiger partial charge < -0.3 is 10.0 Å². The molecule has 1 N–H and O–H groups in total. The van der Waals surface area contributed by atoms with Crippen molar-refractivity contribution in [3.8, 4) is 0 Å². The van der Waals surface area contributed by atoms with Gasteiger partial charge in [0, 0.05) is 18.5 Å². The van der Waals surface area contributed by atoms with Crippen LogP contribution in [0.5, 0.6) is 0 Å². The number of carbonyl (C=O) groups is 1. The SMILES string of the molecule is CC(C)N(C)C1CCC(CC(=O)O)CC1. The number of carboxylic acids is 1. The Labute approximate surface area is 92.5 Å². The fraction of sp³-hybridized carbons (Fsp3) is 0.917. The first kappa shape index (κ1) is 12.5. The van der Waals surface area contributed by atoms with Crippen molar-refractivity contribution < 1.29 is 9.90 Å². The maximum atomic E-state index is 10.6. The second kappa shape index (κ2) is 5.50. The molecular formula is C12H23NO2. The summed E-state index contributed by atoms with van der Waals surface area (Å²) in [7, 11) is 2.17. The molecule has 1 fully saturated rings. The average Bonchev–Trinajstić information content (AvgIpc) is 2.17. The van der Waals surface area contributed by atoms with Crippen LogP contribution in [-0.2, 0) is 4.79 Å². The lowest BCUT2D eigenvalue weighted by Crippen LogP contribution is -2.39. The Hall–Kier alpha value is -0.570. The van der Waals surface area contributed by atoms with Gasteiger partial charge in [-0.3, -0.25) is 4.79 Å². The highest BCUT2D eigenvalue weighted by Crippen LogP contribution is 2.29. The predicted molar refractivity (Wildman–Crippen MR) is 60.9 cm³/mol. The third kappa shape index (κ3) is 3.82. The summed E-state index contributed by atoms with van der Waals surface area (Å²) >= 11 is 0. The van der Waals surface area contributed by atoms with Gasteiger partial charge in [0.1, 0.15) is 0 Å². The van der Waals surface area contributed by atoms with Gasteiger partial charge in [0.05, 0.1) is 0 Å². The van der Waals surface area contributed by atoms with Crippen LogP contribution in [0.2, 0.25) is 0 Å². The fourth-order valence-electron chi connectivity index (χ4n) is 2.42. The number of aliphatic carboxylic acids is 1. The molecule has 0 unspecified atom stereocenters. The van der Waals surface area contributed by atoms with E-state index in [0.29, 0.717) is 24.4 Å². The minimum Gasteiger partial charge on any atom is -0.481 e. The standard InChI is InChI=1S/C12H23NO2/c1-9(2)13(3)11-6-4-10(5-7-11)8-12(14)15/h9-11H,4-8H2,1-3H3,(H,14,15). The Morgan fingerprint density at radius 1 is 1.33 bits per heavy atom. The van der Waals surface area contributed by atoms with Crippen LogP contribution < -0.4 is 0 Å². The summed E-state index contributed by atoms with van der Waals surface area (Å²) in [6.45, 7) is 4.42. The summed E-state index contributed by atoms with van der Waals surface area (Å²) in [5, 5.41) is 8.72. The van der Waals surface area contributed by atoms with Crippen molar-refractivity contribution in [2.45, 2.75) is 58.0 Å². The monoisotopic (exact) mass is 213 g/mol. The van der Waals surface area contributed by atoms with Gasteiger partial charge in [0.15, 0.2) is 0 Å². The smallest absolute Gasteiger partial charge is 0.303 e. The fourth-order valence-corrected chi connectivity index (χ4v) is 2.42. The lowest BCUT2D eigenvalue weighted by Gasteiger charge is -2.36. The Bertz CT molecular complexity index is 208. The summed E-state index contributed by atoms with van der Waals surface area (Å²) in [5.74, 6) is -0.227. The molecule has 1 aliphatic carbocycles. The van der Waals surface area contributed by atoms with Gasteiger partial charge in [0.2, 0.25) is 0 Å². The van der Waals surface area contributed by atoms with Gasteiger partial charge in [-0.1, -0.05) is 0 Å². The summed E-state index contributed by atoms with van der Waals surface area (Å²) in [5.41, 5.74) is 0. The number of carboxylic acid groups (broad SMARTS) is 1. The molecule has 0 saturated heterocycles. The molecule has 0 aromatic rings. The van der Waals surface area contributed by atoms with Crippen molar-refractivity contribution in [2.75, 3.05) is 7.05 Å². The number of hydrogen-bond donors (Lipinski definition) is 1. The van der Waals surface area contributed by atoms with Crippen LogP contribution in [-0.4, -0.2) is 35.1 Å². The van der Waals surface area contributed by atoms with Crippen molar-refractivity contribution in [2.24, 2.45) is 5.92 Å². The molecule has 1 saturated carbocycles. The normalized spacial score (nSPS) is 27.3. The molecular weight excluding hydrogens is 190 g/mol. The quantitative estimate of drug-likeness (QED) is 0.779. The van der Waals surface area contributed by atoms with E-state index < -0.39 is 5.97 Å². The van der Waals surface area contributed by atoms with Crippen molar-refractivity contribution in [1.82, 2.24) is 4.90 Å². The van der Waals surface area contributed by atoms with Crippen LogP contribution in [0, 0.1) is 5.92 Å². The minimum absolute atomic E-state index is 0.359. The van der Waals surface area contributed by atoms with Crippen molar-refractivity contribution in [1.29, 1.82) is 0 Å². The molecule has 0 radical (unpaired) electrons. The average molecular weight is 213 g/mol. The molecule has 0 atom stereocenters. The highest BCUT2D eigenvalue weighted by molar-refractivity contribution is 5.67. The van der Waals surface area contributed by atoms with E-state index in [2.05, 4.69) is 25.8 Å². The lowest BCUT2D eigenvalue weighted by atomic mass is 9.83. The van der Waals surface area contributed by atoms with E-state index in [1.54, 1.807) is 0 Å². The first-order valence-corrected chi connectivity index (χ1v) is 5.94. The maximum Gasteiger partial charge on any atom is 0.303 e. The molecule has 3 nitrogen and oxygen atoms in total. The third-order valence-corrected chi connectivity index (χ3v) is 3.67. The third-order valence-electron chi connectivity index (χ3n) is 3.67. The van der Waals surface area contributed by atoms with Crippen LogP contribution >= 0.6 is 0 Å². The molecule has 0 aromatic heterocycles. The zero-order valence-electron chi connectivity index (χ0n) is 10.1. The molecule has 0 spiro atoms. The van der Waals surface area contributed by atoms with Gasteiger partial charge in [0.25, 0.3) is 0 Å². The summed E-state index contributed by atoms with van der Waals surface area (Å²) < 4.78 is 0. The van der Waals surface area contributed by atoms with Crippen molar-refractivity contribution in [3.63, 3.8) is 0 Å². The van der Waals surface area contributed by atoms with Crippen LogP contribution in [0.25, 0.3) is 0 Å². The Morgan fingerprint density at radius 3 is 2.27 bits per heavy atom. The van der Waals surface area contributed by atoms with Gasteiger partial charge >= 0.3 is 5.97 Å². The van der Waals surface area contributed by atoms with E-state index in [9.17, 15) is 4.79 Å². The van der Waals surface area contributed by atoms with E-state index >= 15 is 0 Å². The van der Waals surface area contributed by atoms with Gasteiger partial charge in [-0.2, -0.15) is 0 Å². The number of hydrogen-bond acceptors (Lipinski definition) is 2. The first-order chi connectivity index (χ1) is 7.00. The summed E-state index contributed by atoms with van der Waals surface area (Å²) in [6, 6.07) is 1.25. The highest BCUT2D eigenvalue weighted by atomic mass is 16.4. The Morgan fingerprint density at radius 2 is 1.87 bits per heavy atom. The van der Waals surface area contributed by atoms with E-state index in [0.717, 1.165) is 25.7 Å². The van der Waals surface area contributed by atoms with Gasteiger partial charge in [-0.05, 0) is 52.5 Å². The highest BCUT2D eigenvalue weighted by Gasteiger charge is 2.26. The van der Waals surface area contributed by atoms with Crippen molar-refractivity contribution in [3.05, 3.63) is 0 Å². The van der Waals surface area contributed by atoms with E-state index in [1.165, 1.54) is 0 Å². The molecule has 88 valence electrons. The number of rotatable bonds is 4. The molecule has 0 bridgehead atoms. The molecule has 0 amide bonds. The summed E-state index contributed by atoms with van der Waals surface area (Å²) in [6.07, 6.45) is 4.83. The molecule has 15 heavy (non-hydrogen) atoms. The van der Waals surface area contributed by atoms with E-state index in [1.807, 2.05) is 0 Å². The van der Waals surface area contributed by atoms with Crippen LogP contribution in [0.15, 0.2) is 0 Å². The zero-order valence-corrected chi connectivity index (χ0v) is 10.1. The summed E-state index contributed by atoms with van der Waals surface area (Å²) in [4.78, 5) is 13.0. The molecule has 1 rings (SSSR count). The Kier molecular flexibility index (Phi) is 4.58. The molecule has 3 heteroatoms. The second-order valence-electron chi connectivity index (χ2n) is 5.03. The Balaban J connectivity index is 2.32. The van der Waals surface area contributed by atoms with Crippen LogP contribution in [0.1, 0.15) is 46.0 Å². The number of nitrogens with zero attached hydrogens (tertiary/aromatic N) is 1. The second-order valence-corrected chi connectivity index (χ2v) is 5.03. The predicted octanol–water partition coefficient (Wildman–Crippen LogP) is 2.36. The van der Waals surface area contributed by atoms with Gasteiger partial charge in [-0.15, -0.1) is 0 Å². The first-order valence-electron chi connectivity index (χ1n) is 5.94. The molecule has 0 aliphatic heterocycles. The van der Waals surface area contributed by atoms with Crippen LogP contribution in [0.3, 0.4) is 0 Å². The largest absolute Gasteiger partial charge is 0.481 e. The van der Waals surface area contributed by atoms with Gasteiger partial charge in [-0.25, -0.2) is 0 Å². The zero-order chi connectivity index (χ0) is 11.4.